The monoisotopic (exact) mass is 337 g/mol. The average molecular weight is 338 g/mol. The van der Waals surface area contributed by atoms with E-state index in [-0.39, 0.29) is 5.91 Å². The van der Waals surface area contributed by atoms with Gasteiger partial charge in [-0.2, -0.15) is 0 Å². The summed E-state index contributed by atoms with van der Waals surface area (Å²) in [7, 11) is 0. The molecule has 0 aliphatic carbocycles. The molecule has 3 nitrogen and oxygen atoms in total. The van der Waals surface area contributed by atoms with Crippen molar-refractivity contribution >= 4 is 34.8 Å². The highest BCUT2D eigenvalue weighted by Gasteiger charge is 2.15. The Bertz CT molecular complexity index is 686. The summed E-state index contributed by atoms with van der Waals surface area (Å²) < 4.78 is 5.61. The molecule has 0 spiro atoms. The van der Waals surface area contributed by atoms with Gasteiger partial charge >= 0.3 is 0 Å². The van der Waals surface area contributed by atoms with Gasteiger partial charge in [-0.1, -0.05) is 36.2 Å². The number of carbonyl (C=O) groups excluding carboxylic acids is 1. The molecule has 0 aromatic heterocycles. The number of anilines is 1. The van der Waals surface area contributed by atoms with Crippen molar-refractivity contribution in [2.24, 2.45) is 0 Å². The Morgan fingerprint density at radius 1 is 1.23 bits per heavy atom. The molecule has 0 bridgehead atoms. The van der Waals surface area contributed by atoms with Gasteiger partial charge in [0.05, 0.1) is 12.2 Å². The number of benzene rings is 2. The second kappa shape index (κ2) is 7.52. The molecule has 0 saturated heterocycles. The van der Waals surface area contributed by atoms with Crippen molar-refractivity contribution in [1.29, 1.82) is 0 Å². The third kappa shape index (κ3) is 3.93. The maximum atomic E-state index is 12.5. The van der Waals surface area contributed by atoms with Gasteiger partial charge in [0.2, 0.25) is 0 Å². The lowest BCUT2D eigenvalue weighted by atomic mass is 10.1. The zero-order valence-corrected chi connectivity index (χ0v) is 14.0. The molecule has 1 amide bonds. The molecular weight excluding hydrogens is 321 g/mol. The fourth-order valence-corrected chi connectivity index (χ4v) is 2.30. The van der Waals surface area contributed by atoms with Crippen LogP contribution in [0.25, 0.3) is 0 Å². The molecule has 5 heteroatoms. The number of halogens is 2. The fourth-order valence-electron chi connectivity index (χ4n) is 1.95. The molecule has 0 radical (unpaired) electrons. The van der Waals surface area contributed by atoms with Crippen LogP contribution in [0.2, 0.25) is 10.0 Å². The largest absolute Gasteiger partial charge is 0.493 e. The number of hydrogen-bond acceptors (Lipinski definition) is 2. The van der Waals surface area contributed by atoms with E-state index in [9.17, 15) is 4.79 Å². The van der Waals surface area contributed by atoms with E-state index in [1.54, 1.807) is 36.4 Å². The summed E-state index contributed by atoms with van der Waals surface area (Å²) in [6.07, 6.45) is 0.858. The van der Waals surface area contributed by atoms with Gasteiger partial charge in [0.1, 0.15) is 5.75 Å². The van der Waals surface area contributed by atoms with Crippen LogP contribution in [0.5, 0.6) is 5.75 Å². The highest BCUT2D eigenvalue weighted by molar-refractivity contribution is 6.32. The van der Waals surface area contributed by atoms with Gasteiger partial charge in [-0.05, 0) is 49.2 Å². The Morgan fingerprint density at radius 2 is 2.00 bits per heavy atom. The molecule has 2 rings (SSSR count). The second-order valence-electron chi connectivity index (χ2n) is 4.86. The van der Waals surface area contributed by atoms with Gasteiger partial charge in [-0.3, -0.25) is 4.79 Å². The SMILES string of the molecule is CCCOc1ccc(Cl)cc1C(=O)Nc1cccc(Cl)c1C. The number of carbonyl (C=O) groups is 1. The summed E-state index contributed by atoms with van der Waals surface area (Å²) in [6, 6.07) is 10.4. The topological polar surface area (TPSA) is 38.3 Å². The number of rotatable bonds is 5. The first-order chi connectivity index (χ1) is 10.5. The summed E-state index contributed by atoms with van der Waals surface area (Å²) >= 11 is 12.1. The Labute approximate surface area is 140 Å². The number of ether oxygens (including phenoxy) is 1. The highest BCUT2D eigenvalue weighted by atomic mass is 35.5. The van der Waals surface area contributed by atoms with Crippen LogP contribution in [0.1, 0.15) is 29.3 Å². The molecule has 0 unspecified atom stereocenters. The van der Waals surface area contributed by atoms with E-state index in [0.29, 0.717) is 33.7 Å². The van der Waals surface area contributed by atoms with E-state index in [4.69, 9.17) is 27.9 Å². The second-order valence-corrected chi connectivity index (χ2v) is 5.70. The van der Waals surface area contributed by atoms with Crippen molar-refractivity contribution in [3.05, 3.63) is 57.6 Å². The van der Waals surface area contributed by atoms with Crippen LogP contribution in [0, 0.1) is 6.92 Å². The quantitative estimate of drug-likeness (QED) is 0.799. The molecule has 0 fully saturated rings. The molecule has 0 heterocycles. The normalized spacial score (nSPS) is 10.4. The minimum absolute atomic E-state index is 0.279. The Balaban J connectivity index is 2.28. The van der Waals surface area contributed by atoms with E-state index in [0.717, 1.165) is 12.0 Å². The van der Waals surface area contributed by atoms with Crippen molar-refractivity contribution in [3.63, 3.8) is 0 Å². The van der Waals surface area contributed by atoms with E-state index >= 15 is 0 Å². The summed E-state index contributed by atoms with van der Waals surface area (Å²) in [4.78, 5) is 12.5. The lowest BCUT2D eigenvalue weighted by Gasteiger charge is -2.13. The van der Waals surface area contributed by atoms with Gasteiger partial charge in [-0.25, -0.2) is 0 Å². The van der Waals surface area contributed by atoms with Crippen molar-refractivity contribution in [2.45, 2.75) is 20.3 Å². The van der Waals surface area contributed by atoms with Crippen molar-refractivity contribution < 1.29 is 9.53 Å². The van der Waals surface area contributed by atoms with Crippen LogP contribution in [-0.4, -0.2) is 12.5 Å². The molecule has 0 saturated carbocycles. The number of hydrogen-bond donors (Lipinski definition) is 1. The Hall–Kier alpha value is -1.71. The summed E-state index contributed by atoms with van der Waals surface area (Å²) in [6.45, 7) is 4.40. The zero-order chi connectivity index (χ0) is 16.1. The smallest absolute Gasteiger partial charge is 0.259 e. The molecular formula is C17H17Cl2NO2. The predicted octanol–water partition coefficient (Wildman–Crippen LogP) is 5.34. The predicted molar refractivity (Wildman–Crippen MR) is 91.4 cm³/mol. The Morgan fingerprint density at radius 3 is 2.73 bits per heavy atom. The third-order valence-electron chi connectivity index (χ3n) is 3.16. The van der Waals surface area contributed by atoms with Crippen molar-refractivity contribution in [2.75, 3.05) is 11.9 Å². The van der Waals surface area contributed by atoms with E-state index in [1.165, 1.54) is 0 Å². The molecule has 22 heavy (non-hydrogen) atoms. The van der Waals surface area contributed by atoms with Gasteiger partial charge in [0.25, 0.3) is 5.91 Å². The van der Waals surface area contributed by atoms with Crippen LogP contribution in [-0.2, 0) is 0 Å². The maximum Gasteiger partial charge on any atom is 0.259 e. The maximum absolute atomic E-state index is 12.5. The first kappa shape index (κ1) is 16.7. The van der Waals surface area contributed by atoms with Gasteiger partial charge in [-0.15, -0.1) is 0 Å². The first-order valence-corrected chi connectivity index (χ1v) is 7.77. The van der Waals surface area contributed by atoms with Gasteiger partial charge in [0, 0.05) is 15.7 Å². The van der Waals surface area contributed by atoms with Crippen LogP contribution < -0.4 is 10.1 Å². The fraction of sp³-hybridized carbons (Fsp3) is 0.235. The van der Waals surface area contributed by atoms with E-state index < -0.39 is 0 Å². The van der Waals surface area contributed by atoms with E-state index in [1.807, 2.05) is 13.8 Å². The Kier molecular flexibility index (Phi) is 5.69. The van der Waals surface area contributed by atoms with Crippen molar-refractivity contribution in [1.82, 2.24) is 0 Å². The lowest BCUT2D eigenvalue weighted by Crippen LogP contribution is -2.14. The summed E-state index contributed by atoms with van der Waals surface area (Å²) in [5.41, 5.74) is 1.88. The first-order valence-electron chi connectivity index (χ1n) is 7.01. The van der Waals surface area contributed by atoms with Crippen LogP contribution in [0.3, 0.4) is 0 Å². The van der Waals surface area contributed by atoms with Gasteiger partial charge in [0.15, 0.2) is 0 Å². The molecule has 2 aromatic rings. The standard InChI is InChI=1S/C17H17Cl2NO2/c1-3-9-22-16-8-7-12(18)10-13(16)17(21)20-15-6-4-5-14(19)11(15)2/h4-8,10H,3,9H2,1-2H3,(H,20,21). The number of nitrogens with one attached hydrogen (secondary N) is 1. The van der Waals surface area contributed by atoms with Crippen LogP contribution in [0.4, 0.5) is 5.69 Å². The minimum atomic E-state index is -0.279. The zero-order valence-electron chi connectivity index (χ0n) is 12.5. The molecule has 116 valence electrons. The lowest BCUT2D eigenvalue weighted by molar-refractivity contribution is 0.102. The highest BCUT2D eigenvalue weighted by Crippen LogP contribution is 2.27. The average Bonchev–Trinajstić information content (AvgIpc) is 2.50. The number of amides is 1. The van der Waals surface area contributed by atoms with Crippen molar-refractivity contribution in [3.8, 4) is 5.75 Å². The summed E-state index contributed by atoms with van der Waals surface area (Å²) in [5.74, 6) is 0.238. The third-order valence-corrected chi connectivity index (χ3v) is 3.81. The molecule has 0 aliphatic heterocycles. The van der Waals surface area contributed by atoms with E-state index in [2.05, 4.69) is 5.32 Å². The molecule has 0 aliphatic rings. The molecule has 1 N–H and O–H groups in total. The minimum Gasteiger partial charge on any atom is -0.493 e. The van der Waals surface area contributed by atoms with Gasteiger partial charge < -0.3 is 10.1 Å². The molecule has 0 atom stereocenters. The molecule has 2 aromatic carbocycles. The van der Waals surface area contributed by atoms with Crippen LogP contribution >= 0.6 is 23.2 Å². The van der Waals surface area contributed by atoms with Crippen LogP contribution in [0.15, 0.2) is 36.4 Å². The summed E-state index contributed by atoms with van der Waals surface area (Å²) in [5, 5.41) is 3.94.